The number of pyridine rings is 1. The number of nitro groups is 1. The van der Waals surface area contributed by atoms with Crippen molar-refractivity contribution >= 4 is 17.7 Å². The molecule has 3 aromatic rings. The minimum absolute atomic E-state index is 0.0447. The lowest BCUT2D eigenvalue weighted by Gasteiger charge is -2.08. The molecule has 2 heterocycles. The molecule has 0 amide bonds. The molecule has 9 heteroatoms. The van der Waals surface area contributed by atoms with Gasteiger partial charge < -0.3 is 9.15 Å². The van der Waals surface area contributed by atoms with Crippen LogP contribution in [-0.4, -0.2) is 23.2 Å². The summed E-state index contributed by atoms with van der Waals surface area (Å²) in [7, 11) is 1.55. The van der Waals surface area contributed by atoms with Crippen LogP contribution >= 0.6 is 0 Å². The first-order valence-electron chi connectivity index (χ1n) is 8.55. The van der Waals surface area contributed by atoms with Crippen LogP contribution in [0.25, 0.3) is 11.3 Å². The summed E-state index contributed by atoms with van der Waals surface area (Å²) >= 11 is 0. The number of nitro benzene ring substituents is 1. The Kier molecular flexibility index (Phi) is 5.97. The van der Waals surface area contributed by atoms with Crippen LogP contribution in [-0.2, 0) is 11.3 Å². The fraction of sp³-hybridized carbons (Fsp3) is 0.150. The van der Waals surface area contributed by atoms with E-state index in [1.54, 1.807) is 50.4 Å². The molecule has 9 nitrogen and oxygen atoms in total. The number of benzene rings is 1. The largest absolute Gasteiger partial charge is 0.455 e. The SMILES string of the molecule is COCc1cc(C)nc(N/N=C/c2ccc(-c3ccccc3[N+](=O)[O-])o2)c1C#N. The zero-order valence-corrected chi connectivity index (χ0v) is 15.7. The Labute approximate surface area is 166 Å². The van der Waals surface area contributed by atoms with Crippen molar-refractivity contribution in [2.75, 3.05) is 12.5 Å². The van der Waals surface area contributed by atoms with Gasteiger partial charge in [0.05, 0.1) is 23.3 Å². The van der Waals surface area contributed by atoms with Crippen molar-refractivity contribution in [1.29, 1.82) is 5.26 Å². The summed E-state index contributed by atoms with van der Waals surface area (Å²) in [5.41, 5.74) is 4.84. The van der Waals surface area contributed by atoms with Gasteiger partial charge >= 0.3 is 0 Å². The van der Waals surface area contributed by atoms with E-state index >= 15 is 0 Å². The van der Waals surface area contributed by atoms with E-state index in [4.69, 9.17) is 9.15 Å². The van der Waals surface area contributed by atoms with Crippen molar-refractivity contribution < 1.29 is 14.1 Å². The molecule has 0 unspecified atom stereocenters. The molecule has 0 saturated heterocycles. The molecule has 146 valence electrons. The highest BCUT2D eigenvalue weighted by atomic mass is 16.6. The third-order valence-electron chi connectivity index (χ3n) is 4.00. The number of anilines is 1. The molecule has 0 fully saturated rings. The molecular formula is C20H17N5O4. The predicted molar refractivity (Wildman–Crippen MR) is 106 cm³/mol. The number of methoxy groups -OCH3 is 1. The number of hydrogen-bond donors (Lipinski definition) is 1. The first kappa shape index (κ1) is 19.7. The number of aryl methyl sites for hydroxylation is 1. The summed E-state index contributed by atoms with van der Waals surface area (Å²) in [4.78, 5) is 15.0. The lowest BCUT2D eigenvalue weighted by atomic mass is 10.1. The molecule has 0 aliphatic heterocycles. The van der Waals surface area contributed by atoms with Crippen LogP contribution in [0.15, 0.2) is 52.0 Å². The number of aromatic nitrogens is 1. The van der Waals surface area contributed by atoms with Crippen molar-refractivity contribution in [3.63, 3.8) is 0 Å². The number of rotatable bonds is 7. The molecule has 1 N–H and O–H groups in total. The van der Waals surface area contributed by atoms with Crippen molar-refractivity contribution in [1.82, 2.24) is 4.98 Å². The normalized spacial score (nSPS) is 10.8. The van der Waals surface area contributed by atoms with Crippen molar-refractivity contribution in [3.8, 4) is 17.4 Å². The van der Waals surface area contributed by atoms with Crippen LogP contribution < -0.4 is 5.43 Å². The van der Waals surface area contributed by atoms with Gasteiger partial charge in [-0.3, -0.25) is 15.5 Å². The second kappa shape index (κ2) is 8.77. The number of hydrogen-bond acceptors (Lipinski definition) is 8. The predicted octanol–water partition coefficient (Wildman–Crippen LogP) is 4.02. The summed E-state index contributed by atoms with van der Waals surface area (Å²) in [6.45, 7) is 2.09. The summed E-state index contributed by atoms with van der Waals surface area (Å²) in [5.74, 6) is 1.04. The average Bonchev–Trinajstić information content (AvgIpc) is 3.17. The minimum atomic E-state index is -0.461. The Hall–Kier alpha value is -4.03. The van der Waals surface area contributed by atoms with Gasteiger partial charge in [-0.15, -0.1) is 0 Å². The Morgan fingerprint density at radius 2 is 2.17 bits per heavy atom. The number of hydrazone groups is 1. The van der Waals surface area contributed by atoms with Crippen molar-refractivity contribution in [2.24, 2.45) is 5.10 Å². The maximum atomic E-state index is 11.2. The molecule has 1 aromatic carbocycles. The highest BCUT2D eigenvalue weighted by Gasteiger charge is 2.17. The van der Waals surface area contributed by atoms with Gasteiger partial charge in [0.2, 0.25) is 0 Å². The average molecular weight is 391 g/mol. The second-order valence-electron chi connectivity index (χ2n) is 6.04. The molecule has 0 saturated carbocycles. The first-order valence-corrected chi connectivity index (χ1v) is 8.55. The van der Waals surface area contributed by atoms with E-state index in [9.17, 15) is 15.4 Å². The molecule has 0 bridgehead atoms. The van der Waals surface area contributed by atoms with E-state index in [0.29, 0.717) is 39.7 Å². The van der Waals surface area contributed by atoms with E-state index in [0.717, 1.165) is 0 Å². The van der Waals surface area contributed by atoms with Crippen molar-refractivity contribution in [3.05, 3.63) is 75.2 Å². The lowest BCUT2D eigenvalue weighted by molar-refractivity contribution is -0.384. The van der Waals surface area contributed by atoms with Gasteiger partial charge in [-0.25, -0.2) is 4.98 Å². The van der Waals surface area contributed by atoms with E-state index < -0.39 is 4.92 Å². The molecule has 0 aliphatic carbocycles. The lowest BCUT2D eigenvalue weighted by Crippen LogP contribution is -2.03. The summed E-state index contributed by atoms with van der Waals surface area (Å²) < 4.78 is 10.8. The first-order chi connectivity index (χ1) is 14.0. The van der Waals surface area contributed by atoms with Gasteiger partial charge in [0, 0.05) is 24.4 Å². The molecule has 29 heavy (non-hydrogen) atoms. The molecule has 0 aliphatic rings. The topological polar surface area (TPSA) is 127 Å². The van der Waals surface area contributed by atoms with Crippen molar-refractivity contribution in [2.45, 2.75) is 13.5 Å². The van der Waals surface area contributed by atoms with Crippen LogP contribution in [0.2, 0.25) is 0 Å². The van der Waals surface area contributed by atoms with Crippen LogP contribution in [0.4, 0.5) is 11.5 Å². The van der Waals surface area contributed by atoms with Gasteiger partial charge in [-0.2, -0.15) is 10.4 Å². The molecule has 3 rings (SSSR count). The van der Waals surface area contributed by atoms with E-state index in [1.807, 2.05) is 0 Å². The van der Waals surface area contributed by atoms with Crippen LogP contribution in [0.5, 0.6) is 0 Å². The molecule has 0 spiro atoms. The summed E-state index contributed by atoms with van der Waals surface area (Å²) in [6.07, 6.45) is 1.40. The van der Waals surface area contributed by atoms with Gasteiger partial charge in [0.1, 0.15) is 23.2 Å². The number of nitrogens with zero attached hydrogens (tertiary/aromatic N) is 4. The zero-order chi connectivity index (χ0) is 20.8. The van der Waals surface area contributed by atoms with E-state index in [1.165, 1.54) is 12.3 Å². The molecule has 2 aromatic heterocycles. The second-order valence-corrected chi connectivity index (χ2v) is 6.04. The van der Waals surface area contributed by atoms with Gasteiger partial charge in [-0.1, -0.05) is 12.1 Å². The van der Waals surface area contributed by atoms with Gasteiger partial charge in [0.25, 0.3) is 5.69 Å². The Balaban J connectivity index is 1.82. The molecule has 0 radical (unpaired) electrons. The number of para-hydroxylation sites is 1. The molecule has 0 atom stereocenters. The third kappa shape index (κ3) is 4.45. The van der Waals surface area contributed by atoms with Gasteiger partial charge in [0.15, 0.2) is 5.82 Å². The Morgan fingerprint density at radius 1 is 1.38 bits per heavy atom. The highest BCUT2D eigenvalue weighted by molar-refractivity contribution is 5.79. The maximum absolute atomic E-state index is 11.2. The fourth-order valence-electron chi connectivity index (χ4n) is 2.78. The smallest absolute Gasteiger partial charge is 0.280 e. The van der Waals surface area contributed by atoms with E-state index in [-0.39, 0.29) is 12.3 Å². The standard InChI is InChI=1S/C20H17N5O4/c1-13-9-14(12-28-2)17(10-21)20(23-13)24-22-11-15-7-8-19(29-15)16-5-3-4-6-18(16)25(26)27/h3-9,11H,12H2,1-2H3,(H,23,24)/b22-11+. The third-order valence-corrected chi connectivity index (χ3v) is 4.00. The quantitative estimate of drug-likeness (QED) is 0.366. The Bertz CT molecular complexity index is 1110. The van der Waals surface area contributed by atoms with Gasteiger partial charge in [-0.05, 0) is 31.2 Å². The minimum Gasteiger partial charge on any atom is -0.455 e. The number of furan rings is 1. The fourth-order valence-corrected chi connectivity index (χ4v) is 2.78. The number of nitriles is 1. The van der Waals surface area contributed by atoms with Crippen LogP contribution in [0.3, 0.4) is 0 Å². The highest BCUT2D eigenvalue weighted by Crippen LogP contribution is 2.30. The number of nitrogens with one attached hydrogen (secondary N) is 1. The Morgan fingerprint density at radius 3 is 2.90 bits per heavy atom. The summed E-state index contributed by atoms with van der Waals surface area (Å²) in [6, 6.07) is 13.5. The number of ether oxygens (including phenoxy) is 1. The zero-order valence-electron chi connectivity index (χ0n) is 15.7. The molecular weight excluding hydrogens is 374 g/mol. The maximum Gasteiger partial charge on any atom is 0.280 e. The summed E-state index contributed by atoms with van der Waals surface area (Å²) in [5, 5.41) is 24.7. The van der Waals surface area contributed by atoms with Crippen LogP contribution in [0.1, 0.15) is 22.6 Å². The van der Waals surface area contributed by atoms with Crippen LogP contribution in [0, 0.1) is 28.4 Å². The monoisotopic (exact) mass is 391 g/mol. The van der Waals surface area contributed by atoms with E-state index in [2.05, 4.69) is 21.6 Å².